The number of fused-ring (bicyclic) bond motifs is 1. The number of azo groups is 1. The van der Waals surface area contributed by atoms with Crippen LogP contribution in [0.5, 0.6) is 0 Å². The maximum absolute atomic E-state index is 4.47. The lowest BCUT2D eigenvalue weighted by Crippen LogP contribution is -1.94. The minimum absolute atomic E-state index is 0.482. The van der Waals surface area contributed by atoms with Gasteiger partial charge < -0.3 is 0 Å². The van der Waals surface area contributed by atoms with Crippen LogP contribution in [0, 0.1) is 0 Å². The summed E-state index contributed by atoms with van der Waals surface area (Å²) >= 11 is 0. The average Bonchev–Trinajstić information content (AvgIpc) is 2.49. The van der Waals surface area contributed by atoms with E-state index in [1.165, 1.54) is 0 Å². The van der Waals surface area contributed by atoms with E-state index in [0.29, 0.717) is 12.5 Å². The van der Waals surface area contributed by atoms with Crippen molar-refractivity contribution in [2.24, 2.45) is 10.2 Å². The summed E-state index contributed by atoms with van der Waals surface area (Å²) < 4.78 is 0. The molecule has 0 unspecified atom stereocenters. The standard InChI is InChI=1S/C9H11N3/c1-6(2)7-3-4-8-9(11-7)5-10-12-8/h3-4,6H,5H2,1-2H3. The van der Waals surface area contributed by atoms with Gasteiger partial charge in [0.25, 0.3) is 0 Å². The quantitative estimate of drug-likeness (QED) is 0.624. The van der Waals surface area contributed by atoms with E-state index >= 15 is 0 Å². The number of hydrogen-bond donors (Lipinski definition) is 0. The second-order valence-electron chi connectivity index (χ2n) is 3.26. The topological polar surface area (TPSA) is 37.6 Å². The molecule has 0 N–H and O–H groups in total. The van der Waals surface area contributed by atoms with Gasteiger partial charge in [0.05, 0.1) is 5.69 Å². The van der Waals surface area contributed by atoms with Gasteiger partial charge in [-0.15, -0.1) is 0 Å². The Morgan fingerprint density at radius 3 is 2.92 bits per heavy atom. The fourth-order valence-corrected chi connectivity index (χ4v) is 1.22. The zero-order valence-electron chi connectivity index (χ0n) is 7.28. The van der Waals surface area contributed by atoms with Crippen LogP contribution in [0.2, 0.25) is 0 Å². The first-order valence-corrected chi connectivity index (χ1v) is 4.14. The maximum Gasteiger partial charge on any atom is 0.109 e. The summed E-state index contributed by atoms with van der Waals surface area (Å²) in [5.41, 5.74) is 3.07. The number of rotatable bonds is 1. The summed E-state index contributed by atoms with van der Waals surface area (Å²) in [6, 6.07) is 4.02. The van der Waals surface area contributed by atoms with Crippen LogP contribution in [0.15, 0.2) is 22.4 Å². The molecule has 0 aromatic carbocycles. The minimum atomic E-state index is 0.482. The van der Waals surface area contributed by atoms with Gasteiger partial charge >= 0.3 is 0 Å². The summed E-state index contributed by atoms with van der Waals surface area (Å²) in [4.78, 5) is 4.47. The third-order valence-corrected chi connectivity index (χ3v) is 1.96. The van der Waals surface area contributed by atoms with Gasteiger partial charge in [-0.05, 0) is 18.1 Å². The van der Waals surface area contributed by atoms with Crippen LogP contribution in [-0.4, -0.2) is 4.98 Å². The number of pyridine rings is 1. The van der Waals surface area contributed by atoms with Crippen LogP contribution >= 0.6 is 0 Å². The molecule has 1 aliphatic rings. The van der Waals surface area contributed by atoms with E-state index in [0.717, 1.165) is 17.1 Å². The SMILES string of the molecule is CC(C)c1ccc2c(n1)CN=N2. The van der Waals surface area contributed by atoms with Gasteiger partial charge in [0.15, 0.2) is 0 Å². The predicted molar refractivity (Wildman–Crippen MR) is 46.5 cm³/mol. The molecule has 0 aliphatic carbocycles. The lowest BCUT2D eigenvalue weighted by Gasteiger charge is -2.04. The lowest BCUT2D eigenvalue weighted by molar-refractivity contribution is 0.809. The van der Waals surface area contributed by atoms with Crippen LogP contribution in [-0.2, 0) is 6.54 Å². The average molecular weight is 161 g/mol. The summed E-state index contributed by atoms with van der Waals surface area (Å²) in [7, 11) is 0. The molecule has 3 heteroatoms. The van der Waals surface area contributed by atoms with Gasteiger partial charge in [-0.25, -0.2) is 0 Å². The first-order valence-electron chi connectivity index (χ1n) is 4.14. The molecule has 0 saturated heterocycles. The molecule has 62 valence electrons. The number of hydrogen-bond acceptors (Lipinski definition) is 3. The van der Waals surface area contributed by atoms with Gasteiger partial charge in [0.2, 0.25) is 0 Å². The van der Waals surface area contributed by atoms with Crippen molar-refractivity contribution >= 4 is 5.69 Å². The fourth-order valence-electron chi connectivity index (χ4n) is 1.22. The highest BCUT2D eigenvalue weighted by atomic mass is 15.1. The van der Waals surface area contributed by atoms with Crippen LogP contribution < -0.4 is 0 Å². The van der Waals surface area contributed by atoms with Crippen molar-refractivity contribution in [3.8, 4) is 0 Å². The van der Waals surface area contributed by atoms with Crippen LogP contribution in [0.3, 0.4) is 0 Å². The second kappa shape index (κ2) is 2.66. The molecular weight excluding hydrogens is 150 g/mol. The van der Waals surface area contributed by atoms with Crippen LogP contribution in [0.4, 0.5) is 5.69 Å². The zero-order chi connectivity index (χ0) is 8.55. The molecule has 1 aromatic heterocycles. The van der Waals surface area contributed by atoms with E-state index in [2.05, 4.69) is 29.1 Å². The van der Waals surface area contributed by atoms with Crippen molar-refractivity contribution in [2.75, 3.05) is 0 Å². The van der Waals surface area contributed by atoms with Crippen LogP contribution in [0.25, 0.3) is 0 Å². The van der Waals surface area contributed by atoms with Gasteiger partial charge in [0.1, 0.15) is 12.2 Å². The highest BCUT2D eigenvalue weighted by Gasteiger charge is 2.10. The Hall–Kier alpha value is -1.25. The lowest BCUT2D eigenvalue weighted by atomic mass is 10.1. The van der Waals surface area contributed by atoms with E-state index in [4.69, 9.17) is 0 Å². The molecule has 0 saturated carbocycles. The highest BCUT2D eigenvalue weighted by Crippen LogP contribution is 2.26. The summed E-state index contributed by atoms with van der Waals surface area (Å²) in [5.74, 6) is 0.482. The smallest absolute Gasteiger partial charge is 0.109 e. The monoisotopic (exact) mass is 161 g/mol. The van der Waals surface area contributed by atoms with E-state index in [1.54, 1.807) is 0 Å². The molecule has 3 nitrogen and oxygen atoms in total. The predicted octanol–water partition coefficient (Wildman–Crippen LogP) is 2.80. The Morgan fingerprint density at radius 2 is 2.17 bits per heavy atom. The molecule has 0 atom stereocenters. The van der Waals surface area contributed by atoms with E-state index in [-0.39, 0.29) is 0 Å². The first-order chi connectivity index (χ1) is 5.77. The largest absolute Gasteiger partial charge is 0.253 e. The van der Waals surface area contributed by atoms with E-state index < -0.39 is 0 Å². The molecule has 0 radical (unpaired) electrons. The molecule has 1 aromatic rings. The van der Waals surface area contributed by atoms with Gasteiger partial charge in [-0.1, -0.05) is 13.8 Å². The summed E-state index contributed by atoms with van der Waals surface area (Å²) in [6.45, 7) is 4.92. The molecule has 0 fully saturated rings. The van der Waals surface area contributed by atoms with Crippen LogP contribution in [0.1, 0.15) is 31.2 Å². The summed E-state index contributed by atoms with van der Waals surface area (Å²) in [5, 5.41) is 7.88. The molecule has 12 heavy (non-hydrogen) atoms. The third kappa shape index (κ3) is 1.11. The maximum atomic E-state index is 4.47. The van der Waals surface area contributed by atoms with Crippen molar-refractivity contribution in [3.05, 3.63) is 23.5 Å². The van der Waals surface area contributed by atoms with Crippen molar-refractivity contribution in [1.29, 1.82) is 0 Å². The van der Waals surface area contributed by atoms with Crippen molar-refractivity contribution < 1.29 is 0 Å². The molecule has 2 rings (SSSR count). The van der Waals surface area contributed by atoms with E-state index in [9.17, 15) is 0 Å². The van der Waals surface area contributed by atoms with Gasteiger partial charge in [-0.2, -0.15) is 10.2 Å². The summed E-state index contributed by atoms with van der Waals surface area (Å²) in [6.07, 6.45) is 0. The second-order valence-corrected chi connectivity index (χ2v) is 3.26. The Balaban J connectivity index is 2.42. The Labute approximate surface area is 71.6 Å². The Kier molecular flexibility index (Phi) is 1.64. The van der Waals surface area contributed by atoms with Crippen molar-refractivity contribution in [2.45, 2.75) is 26.3 Å². The van der Waals surface area contributed by atoms with Crippen molar-refractivity contribution in [3.63, 3.8) is 0 Å². The highest BCUT2D eigenvalue weighted by molar-refractivity contribution is 5.44. The molecule has 0 bridgehead atoms. The van der Waals surface area contributed by atoms with Crippen molar-refractivity contribution in [1.82, 2.24) is 4.98 Å². The number of aromatic nitrogens is 1. The fraction of sp³-hybridized carbons (Fsp3) is 0.444. The minimum Gasteiger partial charge on any atom is -0.253 e. The Bertz CT molecular complexity index is 329. The molecule has 2 heterocycles. The van der Waals surface area contributed by atoms with Gasteiger partial charge in [0, 0.05) is 5.69 Å². The van der Waals surface area contributed by atoms with Gasteiger partial charge in [-0.3, -0.25) is 4.98 Å². The normalized spacial score (nSPS) is 13.9. The molecule has 0 spiro atoms. The first kappa shape index (κ1) is 7.40. The molecule has 0 amide bonds. The third-order valence-electron chi connectivity index (χ3n) is 1.96. The number of nitrogens with zero attached hydrogens (tertiary/aromatic N) is 3. The Morgan fingerprint density at radius 1 is 1.33 bits per heavy atom. The van der Waals surface area contributed by atoms with E-state index in [1.807, 2.05) is 12.1 Å². The zero-order valence-corrected chi connectivity index (χ0v) is 7.28. The molecule has 1 aliphatic heterocycles. The molecular formula is C9H11N3.